The van der Waals surface area contributed by atoms with E-state index in [1.807, 2.05) is 42.6 Å². The van der Waals surface area contributed by atoms with E-state index in [0.717, 1.165) is 11.3 Å². The molecule has 0 saturated carbocycles. The van der Waals surface area contributed by atoms with Gasteiger partial charge in [-0.25, -0.2) is 4.98 Å². The third-order valence-electron chi connectivity index (χ3n) is 3.51. The topological polar surface area (TPSA) is 93.9 Å². The minimum absolute atomic E-state index is 0.124. The Hall–Kier alpha value is -2.65. The molecule has 3 heterocycles. The highest BCUT2D eigenvalue weighted by molar-refractivity contribution is 7.98. The molecule has 0 fully saturated rings. The van der Waals surface area contributed by atoms with Crippen molar-refractivity contribution in [2.75, 3.05) is 6.61 Å². The third kappa shape index (κ3) is 3.49. The molecule has 0 saturated heterocycles. The second-order valence-electron chi connectivity index (χ2n) is 5.27. The zero-order valence-electron chi connectivity index (χ0n) is 13.8. The number of fused-ring (bicyclic) bond motifs is 1. The maximum Gasteiger partial charge on any atom is 0.277 e. The molecule has 0 unspecified atom stereocenters. The fourth-order valence-corrected chi connectivity index (χ4v) is 3.72. The number of nitrogens with one attached hydrogen (secondary N) is 1. The van der Waals surface area contributed by atoms with Gasteiger partial charge < -0.3 is 14.1 Å². The Labute approximate surface area is 156 Å². The van der Waals surface area contributed by atoms with Crippen molar-refractivity contribution >= 4 is 33.3 Å². The second kappa shape index (κ2) is 7.30. The van der Waals surface area contributed by atoms with E-state index in [-0.39, 0.29) is 5.56 Å². The van der Waals surface area contributed by atoms with Crippen molar-refractivity contribution in [3.63, 3.8) is 0 Å². The highest BCUT2D eigenvalue weighted by atomic mass is 32.2. The first kappa shape index (κ1) is 16.8. The summed E-state index contributed by atoms with van der Waals surface area (Å²) in [6, 6.07) is 9.30. The van der Waals surface area contributed by atoms with Crippen molar-refractivity contribution in [2.45, 2.75) is 17.9 Å². The van der Waals surface area contributed by atoms with Crippen LogP contribution in [-0.4, -0.2) is 26.8 Å². The predicted octanol–water partition coefficient (Wildman–Crippen LogP) is 3.73. The number of rotatable bonds is 6. The van der Waals surface area contributed by atoms with Gasteiger partial charge in [0.15, 0.2) is 0 Å². The summed E-state index contributed by atoms with van der Waals surface area (Å²) in [6.07, 6.45) is 0. The molecule has 132 valence electrons. The fourth-order valence-electron chi connectivity index (χ4n) is 2.37. The number of hydrogen-bond acceptors (Lipinski definition) is 8. The van der Waals surface area contributed by atoms with Gasteiger partial charge in [0, 0.05) is 5.56 Å². The van der Waals surface area contributed by atoms with E-state index in [1.165, 1.54) is 23.1 Å². The molecule has 1 N–H and O–H groups in total. The number of aromatic amines is 1. The van der Waals surface area contributed by atoms with Gasteiger partial charge in [-0.1, -0.05) is 11.8 Å². The molecule has 0 amide bonds. The Morgan fingerprint density at radius 1 is 1.23 bits per heavy atom. The average molecular weight is 386 g/mol. The first-order chi connectivity index (χ1) is 12.7. The normalized spacial score (nSPS) is 11.1. The number of benzene rings is 1. The smallest absolute Gasteiger partial charge is 0.277 e. The zero-order valence-corrected chi connectivity index (χ0v) is 15.4. The summed E-state index contributed by atoms with van der Waals surface area (Å²) in [4.78, 5) is 19.2. The van der Waals surface area contributed by atoms with E-state index in [4.69, 9.17) is 9.15 Å². The van der Waals surface area contributed by atoms with Crippen molar-refractivity contribution < 1.29 is 9.15 Å². The molecule has 3 aromatic heterocycles. The zero-order chi connectivity index (χ0) is 17.9. The van der Waals surface area contributed by atoms with Gasteiger partial charge in [0.25, 0.3) is 10.8 Å². The van der Waals surface area contributed by atoms with Crippen molar-refractivity contribution in [2.24, 2.45) is 0 Å². The van der Waals surface area contributed by atoms with Gasteiger partial charge in [0.2, 0.25) is 5.89 Å². The molecule has 0 spiro atoms. The Bertz CT molecular complexity index is 1090. The van der Waals surface area contributed by atoms with Gasteiger partial charge in [-0.3, -0.25) is 4.79 Å². The van der Waals surface area contributed by atoms with Crippen LogP contribution in [0.4, 0.5) is 0 Å². The van der Waals surface area contributed by atoms with Crippen LogP contribution in [0.3, 0.4) is 0 Å². The first-order valence-electron chi connectivity index (χ1n) is 7.89. The van der Waals surface area contributed by atoms with Crippen LogP contribution in [0.1, 0.15) is 12.7 Å². The van der Waals surface area contributed by atoms with Crippen molar-refractivity contribution in [3.05, 3.63) is 51.9 Å². The molecule has 0 aliphatic carbocycles. The lowest BCUT2D eigenvalue weighted by atomic mass is 10.2. The van der Waals surface area contributed by atoms with Crippen LogP contribution in [0, 0.1) is 0 Å². The number of ether oxygens (including phenoxy) is 1. The summed E-state index contributed by atoms with van der Waals surface area (Å²) in [5.74, 6) is 2.24. The molecule has 0 bridgehead atoms. The molecule has 1 aromatic carbocycles. The van der Waals surface area contributed by atoms with Gasteiger partial charge >= 0.3 is 0 Å². The summed E-state index contributed by atoms with van der Waals surface area (Å²) in [5, 5.41) is 10.4. The average Bonchev–Trinajstić information content (AvgIpc) is 3.30. The number of thioether (sulfide) groups is 1. The van der Waals surface area contributed by atoms with E-state index in [0.29, 0.717) is 39.5 Å². The number of nitrogens with zero attached hydrogens (tertiary/aromatic N) is 3. The quantitative estimate of drug-likeness (QED) is 0.505. The van der Waals surface area contributed by atoms with Crippen molar-refractivity contribution in [3.8, 4) is 17.2 Å². The lowest BCUT2D eigenvalue weighted by Gasteiger charge is -2.02. The molecule has 0 atom stereocenters. The minimum Gasteiger partial charge on any atom is -0.494 e. The lowest BCUT2D eigenvalue weighted by molar-refractivity contribution is 0.340. The molecule has 26 heavy (non-hydrogen) atoms. The maximum atomic E-state index is 12.0. The monoisotopic (exact) mass is 386 g/mol. The molecule has 0 aliphatic heterocycles. The molecular formula is C17H14N4O3S2. The van der Waals surface area contributed by atoms with Gasteiger partial charge in [0.05, 0.1) is 17.9 Å². The summed E-state index contributed by atoms with van der Waals surface area (Å²) < 4.78 is 11.7. The number of H-pyrrole nitrogens is 1. The van der Waals surface area contributed by atoms with Crippen molar-refractivity contribution in [1.29, 1.82) is 0 Å². The minimum atomic E-state index is -0.124. The van der Waals surface area contributed by atoms with Crippen LogP contribution < -0.4 is 10.3 Å². The van der Waals surface area contributed by atoms with Crippen LogP contribution in [0.5, 0.6) is 5.75 Å². The molecule has 0 radical (unpaired) electrons. The van der Waals surface area contributed by atoms with E-state index in [9.17, 15) is 4.79 Å². The molecule has 7 nitrogen and oxygen atoms in total. The molecule has 4 rings (SSSR count). The van der Waals surface area contributed by atoms with E-state index in [1.54, 1.807) is 0 Å². The van der Waals surface area contributed by atoms with Gasteiger partial charge in [-0.05, 0) is 42.6 Å². The molecule has 4 aromatic rings. The maximum absolute atomic E-state index is 12.0. The van der Waals surface area contributed by atoms with Crippen LogP contribution in [0.2, 0.25) is 0 Å². The standard InChI is InChI=1S/C17H14N4O3S2/c1-2-23-11-5-3-10(4-6-11)16-20-21-17(24-16)26-9-13-18-12-7-8-25-14(12)15(22)19-13/h3-8H,2,9H2,1H3,(H,18,19,22). The van der Waals surface area contributed by atoms with Crippen LogP contribution in [0.25, 0.3) is 21.7 Å². The molecule has 0 aliphatic rings. The van der Waals surface area contributed by atoms with Crippen LogP contribution in [0.15, 0.2) is 50.1 Å². The van der Waals surface area contributed by atoms with Gasteiger partial charge in [0.1, 0.15) is 16.3 Å². The Morgan fingerprint density at radius 2 is 2.08 bits per heavy atom. The molecular weight excluding hydrogens is 372 g/mol. The number of aromatic nitrogens is 4. The van der Waals surface area contributed by atoms with E-state index in [2.05, 4.69) is 20.2 Å². The molecule has 9 heteroatoms. The summed E-state index contributed by atoms with van der Waals surface area (Å²) >= 11 is 2.71. The Kier molecular flexibility index (Phi) is 4.72. The SMILES string of the molecule is CCOc1ccc(-c2nnc(SCc3nc4ccsc4c(=O)[nH]3)o2)cc1. The predicted molar refractivity (Wildman–Crippen MR) is 101 cm³/mol. The summed E-state index contributed by atoms with van der Waals surface area (Å²) in [7, 11) is 0. The fraction of sp³-hybridized carbons (Fsp3) is 0.176. The first-order valence-corrected chi connectivity index (χ1v) is 9.75. The summed E-state index contributed by atoms with van der Waals surface area (Å²) in [6.45, 7) is 2.56. The van der Waals surface area contributed by atoms with Gasteiger partial charge in [-0.2, -0.15) is 0 Å². The third-order valence-corrected chi connectivity index (χ3v) is 5.25. The highest BCUT2D eigenvalue weighted by Crippen LogP contribution is 2.26. The highest BCUT2D eigenvalue weighted by Gasteiger charge is 2.11. The summed E-state index contributed by atoms with van der Waals surface area (Å²) in [5.41, 5.74) is 1.40. The van der Waals surface area contributed by atoms with Crippen molar-refractivity contribution in [1.82, 2.24) is 20.2 Å². The van der Waals surface area contributed by atoms with E-state index < -0.39 is 0 Å². The number of hydrogen-bond donors (Lipinski definition) is 1. The van der Waals surface area contributed by atoms with E-state index >= 15 is 0 Å². The Balaban J connectivity index is 1.46. The lowest BCUT2D eigenvalue weighted by Crippen LogP contribution is -2.09. The van der Waals surface area contributed by atoms with Crippen LogP contribution >= 0.6 is 23.1 Å². The van der Waals surface area contributed by atoms with Gasteiger partial charge in [-0.15, -0.1) is 21.5 Å². The second-order valence-corrected chi connectivity index (χ2v) is 7.11. The van der Waals surface area contributed by atoms with Crippen LogP contribution in [-0.2, 0) is 5.75 Å². The Morgan fingerprint density at radius 3 is 2.88 bits per heavy atom. The number of thiophene rings is 1. The largest absolute Gasteiger partial charge is 0.494 e.